The quantitative estimate of drug-likeness (QED) is 0.640. The van der Waals surface area contributed by atoms with Gasteiger partial charge in [0.25, 0.3) is 11.7 Å². The van der Waals surface area contributed by atoms with E-state index in [1.54, 1.807) is 11.0 Å². The van der Waals surface area contributed by atoms with Gasteiger partial charge in [0.2, 0.25) is 0 Å². The van der Waals surface area contributed by atoms with E-state index in [2.05, 4.69) is 35.1 Å². The van der Waals surface area contributed by atoms with E-state index < -0.39 is 11.7 Å². The molecule has 108 valence electrons. The van der Waals surface area contributed by atoms with Crippen LogP contribution in [0.1, 0.15) is 30.6 Å². The predicted octanol–water partition coefficient (Wildman–Crippen LogP) is 2.61. The largest absolute Gasteiger partial charge is 0.316 e. The second-order valence-corrected chi connectivity index (χ2v) is 6.04. The maximum atomic E-state index is 12.1. The lowest BCUT2D eigenvalue weighted by atomic mass is 10.1. The molecule has 0 saturated heterocycles. The van der Waals surface area contributed by atoms with Crippen molar-refractivity contribution in [1.29, 1.82) is 0 Å². The van der Waals surface area contributed by atoms with Crippen LogP contribution in [0, 0.1) is 5.92 Å². The molecule has 1 N–H and O–H groups in total. The Kier molecular flexibility index (Phi) is 4.94. The number of carbonyl (C=O) groups excluding carboxylic acids is 2. The monoisotopic (exact) mass is 338 g/mol. The topological polar surface area (TPSA) is 49.4 Å². The van der Waals surface area contributed by atoms with E-state index in [9.17, 15) is 9.59 Å². The summed E-state index contributed by atoms with van der Waals surface area (Å²) in [5.74, 6) is -0.543. The number of fused-ring (bicyclic) bond motifs is 1. The first-order valence-corrected chi connectivity index (χ1v) is 7.71. The van der Waals surface area contributed by atoms with Gasteiger partial charge in [0.1, 0.15) is 0 Å². The summed E-state index contributed by atoms with van der Waals surface area (Å²) in [5.41, 5.74) is 1.21. The van der Waals surface area contributed by atoms with Crippen molar-refractivity contribution in [3.63, 3.8) is 0 Å². The van der Waals surface area contributed by atoms with E-state index in [0.717, 1.165) is 25.2 Å². The summed E-state index contributed by atoms with van der Waals surface area (Å²) < 4.78 is 0.688. The lowest BCUT2D eigenvalue weighted by molar-refractivity contribution is -0.114. The number of hydrogen-bond donors (Lipinski definition) is 1. The summed E-state index contributed by atoms with van der Waals surface area (Å²) in [6.45, 7) is 6.57. The zero-order valence-electron chi connectivity index (χ0n) is 11.8. The molecule has 1 unspecified atom stereocenters. The number of carbonyl (C=O) groups is 2. The van der Waals surface area contributed by atoms with E-state index in [4.69, 9.17) is 0 Å². The van der Waals surface area contributed by atoms with Crippen LogP contribution in [0.4, 0.5) is 5.69 Å². The summed E-state index contributed by atoms with van der Waals surface area (Å²) in [5, 5.41) is 3.34. The molecule has 4 nitrogen and oxygen atoms in total. The zero-order chi connectivity index (χ0) is 14.7. The summed E-state index contributed by atoms with van der Waals surface area (Å²) in [6, 6.07) is 5.47. The molecule has 5 heteroatoms. The van der Waals surface area contributed by atoms with Crippen LogP contribution in [0.2, 0.25) is 0 Å². The molecular weight excluding hydrogens is 320 g/mol. The van der Waals surface area contributed by atoms with Crippen LogP contribution < -0.4 is 10.2 Å². The van der Waals surface area contributed by atoms with Crippen LogP contribution in [0.3, 0.4) is 0 Å². The van der Waals surface area contributed by atoms with E-state index in [0.29, 0.717) is 22.5 Å². The number of nitrogens with zero attached hydrogens (tertiary/aromatic N) is 1. The first-order valence-electron chi connectivity index (χ1n) is 6.91. The van der Waals surface area contributed by atoms with Crippen molar-refractivity contribution in [2.75, 3.05) is 24.5 Å². The smallest absolute Gasteiger partial charge is 0.299 e. The Morgan fingerprint density at radius 3 is 2.80 bits per heavy atom. The van der Waals surface area contributed by atoms with Crippen molar-refractivity contribution in [2.45, 2.75) is 20.3 Å². The fourth-order valence-electron chi connectivity index (χ4n) is 2.38. The molecule has 1 aliphatic rings. The van der Waals surface area contributed by atoms with Crippen molar-refractivity contribution in [2.24, 2.45) is 5.92 Å². The number of anilines is 1. The molecule has 0 aliphatic carbocycles. The molecule has 1 aromatic carbocycles. The summed E-state index contributed by atoms with van der Waals surface area (Å²) in [7, 11) is 0. The first kappa shape index (κ1) is 15.2. The lowest BCUT2D eigenvalue weighted by Crippen LogP contribution is -2.37. The average molecular weight is 339 g/mol. The number of ketones is 1. The molecule has 0 spiro atoms. The van der Waals surface area contributed by atoms with Crippen molar-refractivity contribution in [3.05, 3.63) is 28.2 Å². The zero-order valence-corrected chi connectivity index (χ0v) is 13.4. The molecule has 1 aromatic rings. The predicted molar refractivity (Wildman–Crippen MR) is 83.2 cm³/mol. The summed E-state index contributed by atoms with van der Waals surface area (Å²) >= 11 is 3.35. The van der Waals surface area contributed by atoms with Crippen molar-refractivity contribution in [3.8, 4) is 0 Å². The molecule has 1 aliphatic heterocycles. The van der Waals surface area contributed by atoms with Crippen LogP contribution in [0.25, 0.3) is 0 Å². The minimum Gasteiger partial charge on any atom is -0.316 e. The number of amides is 1. The van der Waals surface area contributed by atoms with Crippen molar-refractivity contribution < 1.29 is 9.59 Å². The number of nitrogens with one attached hydrogen (secondary N) is 1. The van der Waals surface area contributed by atoms with Gasteiger partial charge in [-0.2, -0.15) is 0 Å². The Hall–Kier alpha value is -1.20. The SMILES string of the molecule is CCCNCC(C)CN1C(=O)C(=O)c2c(Br)cccc21. The average Bonchev–Trinajstić information content (AvgIpc) is 2.65. The van der Waals surface area contributed by atoms with Crippen LogP contribution in [-0.4, -0.2) is 31.3 Å². The van der Waals surface area contributed by atoms with Gasteiger partial charge in [0, 0.05) is 11.0 Å². The molecule has 0 fully saturated rings. The van der Waals surface area contributed by atoms with Crippen molar-refractivity contribution >= 4 is 33.3 Å². The number of halogens is 1. The second-order valence-electron chi connectivity index (χ2n) is 5.19. The van der Waals surface area contributed by atoms with Crippen LogP contribution in [-0.2, 0) is 4.79 Å². The Morgan fingerprint density at radius 1 is 1.35 bits per heavy atom. The van der Waals surface area contributed by atoms with E-state index in [1.165, 1.54) is 0 Å². The highest BCUT2D eigenvalue weighted by atomic mass is 79.9. The third-order valence-corrected chi connectivity index (χ3v) is 4.02. The molecule has 1 atom stereocenters. The highest BCUT2D eigenvalue weighted by Gasteiger charge is 2.37. The van der Waals surface area contributed by atoms with Gasteiger partial charge in [0.15, 0.2) is 0 Å². The molecule has 0 saturated carbocycles. The minimum absolute atomic E-state index is 0.295. The molecular formula is C15H19BrN2O2. The third-order valence-electron chi connectivity index (χ3n) is 3.36. The number of hydrogen-bond acceptors (Lipinski definition) is 3. The third kappa shape index (κ3) is 2.94. The molecule has 0 bridgehead atoms. The maximum absolute atomic E-state index is 12.1. The van der Waals surface area contributed by atoms with Crippen LogP contribution >= 0.6 is 15.9 Å². The van der Waals surface area contributed by atoms with Gasteiger partial charge in [-0.3, -0.25) is 9.59 Å². The minimum atomic E-state index is -0.422. The Bertz CT molecular complexity index is 531. The Labute approximate surface area is 127 Å². The molecule has 20 heavy (non-hydrogen) atoms. The molecule has 1 amide bonds. The fourth-order valence-corrected chi connectivity index (χ4v) is 2.92. The lowest BCUT2D eigenvalue weighted by Gasteiger charge is -2.21. The summed E-state index contributed by atoms with van der Waals surface area (Å²) in [6.07, 6.45) is 1.09. The number of rotatable bonds is 6. The molecule has 2 rings (SSSR count). The highest BCUT2D eigenvalue weighted by molar-refractivity contribution is 9.10. The van der Waals surface area contributed by atoms with Gasteiger partial charge >= 0.3 is 0 Å². The Morgan fingerprint density at radius 2 is 2.10 bits per heavy atom. The normalized spacial score (nSPS) is 15.7. The summed E-state index contributed by atoms with van der Waals surface area (Å²) in [4.78, 5) is 25.7. The van der Waals surface area contributed by atoms with E-state index >= 15 is 0 Å². The van der Waals surface area contributed by atoms with E-state index in [1.807, 2.05) is 12.1 Å². The highest BCUT2D eigenvalue weighted by Crippen LogP contribution is 2.34. The number of benzene rings is 1. The fraction of sp³-hybridized carbons (Fsp3) is 0.467. The van der Waals surface area contributed by atoms with Crippen molar-refractivity contribution in [1.82, 2.24) is 5.32 Å². The van der Waals surface area contributed by atoms with Gasteiger partial charge in [0.05, 0.1) is 11.3 Å². The van der Waals surface area contributed by atoms with E-state index in [-0.39, 0.29) is 0 Å². The Balaban J connectivity index is 2.12. The van der Waals surface area contributed by atoms with Gasteiger partial charge in [-0.05, 0) is 53.5 Å². The first-order chi connectivity index (χ1) is 9.56. The van der Waals surface area contributed by atoms with Gasteiger partial charge in [-0.15, -0.1) is 0 Å². The van der Waals surface area contributed by atoms with Gasteiger partial charge in [-0.25, -0.2) is 0 Å². The van der Waals surface area contributed by atoms with Crippen LogP contribution in [0.5, 0.6) is 0 Å². The molecule has 0 radical (unpaired) electrons. The van der Waals surface area contributed by atoms with Gasteiger partial charge in [-0.1, -0.05) is 19.9 Å². The second kappa shape index (κ2) is 6.50. The standard InChI is InChI=1S/C15H19BrN2O2/c1-3-7-17-8-10(2)9-18-12-6-4-5-11(16)13(12)14(19)15(18)20/h4-6,10,17H,3,7-9H2,1-2H3. The van der Waals surface area contributed by atoms with Crippen LogP contribution in [0.15, 0.2) is 22.7 Å². The van der Waals surface area contributed by atoms with Gasteiger partial charge < -0.3 is 10.2 Å². The number of Topliss-reactive ketones (excluding diaryl/α,β-unsaturated/α-hetero) is 1. The molecule has 1 heterocycles. The maximum Gasteiger partial charge on any atom is 0.299 e. The molecule has 0 aromatic heterocycles.